The van der Waals surface area contributed by atoms with Crippen molar-refractivity contribution in [3.8, 4) is 5.75 Å². The molecule has 1 atom stereocenters. The Kier molecular flexibility index (Phi) is 5.61. The molecule has 1 unspecified atom stereocenters. The molecule has 3 nitrogen and oxygen atoms in total. The van der Waals surface area contributed by atoms with E-state index >= 15 is 0 Å². The van der Waals surface area contributed by atoms with Crippen molar-refractivity contribution in [1.29, 1.82) is 0 Å². The molecular formula is C16H22O3. The summed E-state index contributed by atoms with van der Waals surface area (Å²) in [4.78, 5) is 11.5. The van der Waals surface area contributed by atoms with Crippen molar-refractivity contribution < 1.29 is 14.6 Å². The Labute approximate surface area is 114 Å². The number of hydrogen-bond donors (Lipinski definition) is 1. The van der Waals surface area contributed by atoms with Crippen LogP contribution in [0.25, 0.3) is 5.57 Å². The fourth-order valence-corrected chi connectivity index (χ4v) is 1.74. The molecule has 3 heteroatoms. The summed E-state index contributed by atoms with van der Waals surface area (Å²) in [5, 5.41) is 9.54. The number of allylic oxidation sites excluding steroid dienone is 2. The molecule has 0 aliphatic rings. The van der Waals surface area contributed by atoms with Gasteiger partial charge >= 0.3 is 0 Å². The summed E-state index contributed by atoms with van der Waals surface area (Å²) in [6, 6.07) is 7.23. The van der Waals surface area contributed by atoms with Crippen LogP contribution in [0.2, 0.25) is 0 Å². The van der Waals surface area contributed by atoms with E-state index in [1.165, 1.54) is 13.8 Å². The largest absolute Gasteiger partial charge is 0.512 e. The third-order valence-corrected chi connectivity index (χ3v) is 3.09. The van der Waals surface area contributed by atoms with Crippen molar-refractivity contribution in [2.75, 3.05) is 6.61 Å². The number of Topliss-reactive ketones (excluding diaryl/α,β-unsaturated/α-hetero) is 1. The lowest BCUT2D eigenvalue weighted by molar-refractivity contribution is -0.111. The topological polar surface area (TPSA) is 46.5 Å². The molecule has 0 saturated heterocycles. The Morgan fingerprint density at radius 3 is 2.26 bits per heavy atom. The van der Waals surface area contributed by atoms with Gasteiger partial charge in [0.1, 0.15) is 11.5 Å². The summed E-state index contributed by atoms with van der Waals surface area (Å²) in [6.45, 7) is 7.92. The van der Waals surface area contributed by atoms with Crippen LogP contribution in [0, 0.1) is 5.92 Å². The molecule has 0 aliphatic carbocycles. The minimum absolute atomic E-state index is 0.0424. The molecule has 1 N–H and O–H groups in total. The minimum Gasteiger partial charge on any atom is -0.512 e. The molecule has 19 heavy (non-hydrogen) atoms. The fourth-order valence-electron chi connectivity index (χ4n) is 1.74. The Morgan fingerprint density at radius 2 is 1.84 bits per heavy atom. The summed E-state index contributed by atoms with van der Waals surface area (Å²) in [6.07, 6.45) is 1.08. The standard InChI is InChI=1S/C16H22O3/c1-5-11(2)10-19-15-8-6-14(7-9-15)16(12(3)17)13(4)18/h6-9,11,17H,5,10H2,1-4H3. The highest BCUT2D eigenvalue weighted by atomic mass is 16.5. The zero-order chi connectivity index (χ0) is 14.4. The Balaban J connectivity index is 2.82. The third-order valence-electron chi connectivity index (χ3n) is 3.09. The molecule has 0 amide bonds. The van der Waals surface area contributed by atoms with Crippen LogP contribution in [-0.2, 0) is 4.79 Å². The quantitative estimate of drug-likeness (QED) is 0.623. The number of carbonyl (C=O) groups is 1. The van der Waals surface area contributed by atoms with Gasteiger partial charge in [-0.1, -0.05) is 32.4 Å². The first-order chi connectivity index (χ1) is 8.95. The van der Waals surface area contributed by atoms with Crippen molar-refractivity contribution in [2.45, 2.75) is 34.1 Å². The summed E-state index contributed by atoms with van der Waals surface area (Å²) in [5.74, 6) is 1.20. The highest BCUT2D eigenvalue weighted by Crippen LogP contribution is 2.22. The first kappa shape index (κ1) is 15.3. The number of ether oxygens (including phenoxy) is 1. The second-order valence-electron chi connectivity index (χ2n) is 4.87. The van der Waals surface area contributed by atoms with Gasteiger partial charge in [0.25, 0.3) is 0 Å². The maximum absolute atomic E-state index is 11.5. The van der Waals surface area contributed by atoms with Crippen molar-refractivity contribution >= 4 is 11.4 Å². The summed E-state index contributed by atoms with van der Waals surface area (Å²) in [5.41, 5.74) is 1.07. The van der Waals surface area contributed by atoms with Crippen LogP contribution in [-0.4, -0.2) is 17.5 Å². The van der Waals surface area contributed by atoms with Crippen LogP contribution in [0.3, 0.4) is 0 Å². The van der Waals surface area contributed by atoms with Crippen LogP contribution < -0.4 is 4.74 Å². The monoisotopic (exact) mass is 262 g/mol. The predicted octanol–water partition coefficient (Wildman–Crippen LogP) is 3.99. The Morgan fingerprint density at radius 1 is 1.26 bits per heavy atom. The van der Waals surface area contributed by atoms with Gasteiger partial charge < -0.3 is 9.84 Å². The lowest BCUT2D eigenvalue weighted by Gasteiger charge is -2.12. The van der Waals surface area contributed by atoms with E-state index in [1.807, 2.05) is 12.1 Å². The number of rotatable bonds is 6. The van der Waals surface area contributed by atoms with Gasteiger partial charge in [0.15, 0.2) is 5.78 Å². The van der Waals surface area contributed by atoms with Gasteiger partial charge in [-0.05, 0) is 37.5 Å². The average Bonchev–Trinajstić information content (AvgIpc) is 2.36. The SMILES string of the molecule is CCC(C)COc1ccc(C(C(C)=O)=C(C)O)cc1. The van der Waals surface area contributed by atoms with Crippen LogP contribution in [0.15, 0.2) is 30.0 Å². The first-order valence-corrected chi connectivity index (χ1v) is 6.59. The molecule has 0 saturated carbocycles. The lowest BCUT2D eigenvalue weighted by atomic mass is 10.0. The van der Waals surface area contributed by atoms with E-state index in [2.05, 4.69) is 13.8 Å². The van der Waals surface area contributed by atoms with E-state index in [-0.39, 0.29) is 11.5 Å². The van der Waals surface area contributed by atoms with Crippen molar-refractivity contribution in [2.24, 2.45) is 5.92 Å². The number of carbonyl (C=O) groups excluding carboxylic acids is 1. The second kappa shape index (κ2) is 6.98. The number of hydrogen-bond acceptors (Lipinski definition) is 3. The molecule has 0 heterocycles. The third kappa shape index (κ3) is 4.43. The van der Waals surface area contributed by atoms with Gasteiger partial charge in [-0.15, -0.1) is 0 Å². The highest BCUT2D eigenvalue weighted by Gasteiger charge is 2.11. The van der Waals surface area contributed by atoms with Crippen molar-refractivity contribution in [1.82, 2.24) is 0 Å². The van der Waals surface area contributed by atoms with Crippen LogP contribution in [0.1, 0.15) is 39.7 Å². The van der Waals surface area contributed by atoms with Crippen LogP contribution in [0.4, 0.5) is 0 Å². The fraction of sp³-hybridized carbons (Fsp3) is 0.438. The molecule has 0 aliphatic heterocycles. The summed E-state index contributed by atoms with van der Waals surface area (Å²) in [7, 11) is 0. The molecule has 0 fully saturated rings. The zero-order valence-corrected chi connectivity index (χ0v) is 12.1. The number of benzene rings is 1. The number of aliphatic hydroxyl groups excluding tert-OH is 1. The molecule has 0 spiro atoms. The van der Waals surface area contributed by atoms with Gasteiger partial charge in [0.2, 0.25) is 0 Å². The Hall–Kier alpha value is -1.77. The number of ketones is 1. The van der Waals surface area contributed by atoms with Crippen LogP contribution >= 0.6 is 0 Å². The molecule has 1 aromatic rings. The minimum atomic E-state index is -0.145. The van der Waals surface area contributed by atoms with E-state index in [0.29, 0.717) is 23.7 Å². The zero-order valence-electron chi connectivity index (χ0n) is 12.1. The van der Waals surface area contributed by atoms with E-state index < -0.39 is 0 Å². The maximum Gasteiger partial charge on any atom is 0.163 e. The molecule has 1 aromatic carbocycles. The van der Waals surface area contributed by atoms with E-state index in [9.17, 15) is 9.90 Å². The first-order valence-electron chi connectivity index (χ1n) is 6.59. The molecule has 0 bridgehead atoms. The van der Waals surface area contributed by atoms with E-state index in [4.69, 9.17) is 4.74 Å². The second-order valence-corrected chi connectivity index (χ2v) is 4.87. The number of aliphatic hydroxyl groups is 1. The summed E-state index contributed by atoms with van der Waals surface area (Å²) >= 11 is 0. The predicted molar refractivity (Wildman–Crippen MR) is 77.3 cm³/mol. The smallest absolute Gasteiger partial charge is 0.163 e. The molecule has 0 aromatic heterocycles. The van der Waals surface area contributed by atoms with E-state index in [1.54, 1.807) is 12.1 Å². The Bertz CT molecular complexity index is 453. The molecule has 104 valence electrons. The van der Waals surface area contributed by atoms with Gasteiger partial charge in [-0.25, -0.2) is 0 Å². The molecule has 0 radical (unpaired) electrons. The maximum atomic E-state index is 11.5. The van der Waals surface area contributed by atoms with Gasteiger partial charge in [0, 0.05) is 0 Å². The van der Waals surface area contributed by atoms with Gasteiger partial charge in [0.05, 0.1) is 12.2 Å². The molecular weight excluding hydrogens is 240 g/mol. The summed E-state index contributed by atoms with van der Waals surface area (Å²) < 4.78 is 5.65. The van der Waals surface area contributed by atoms with Gasteiger partial charge in [-0.3, -0.25) is 4.79 Å². The van der Waals surface area contributed by atoms with Crippen molar-refractivity contribution in [3.63, 3.8) is 0 Å². The normalized spacial score (nSPS) is 13.7. The van der Waals surface area contributed by atoms with E-state index in [0.717, 1.165) is 12.2 Å². The van der Waals surface area contributed by atoms with Gasteiger partial charge in [-0.2, -0.15) is 0 Å². The lowest BCUT2D eigenvalue weighted by Crippen LogP contribution is -2.07. The average molecular weight is 262 g/mol. The highest BCUT2D eigenvalue weighted by molar-refractivity contribution is 6.20. The van der Waals surface area contributed by atoms with Crippen molar-refractivity contribution in [3.05, 3.63) is 35.6 Å². The molecule has 1 rings (SSSR count). The van der Waals surface area contributed by atoms with Crippen LogP contribution in [0.5, 0.6) is 5.75 Å².